The third-order valence-electron chi connectivity index (χ3n) is 2.37. The van der Waals surface area contributed by atoms with Crippen molar-refractivity contribution in [2.75, 3.05) is 12.4 Å². The first-order valence-corrected chi connectivity index (χ1v) is 5.39. The molecule has 0 aliphatic heterocycles. The van der Waals surface area contributed by atoms with Crippen molar-refractivity contribution >= 4 is 11.5 Å². The Hall–Kier alpha value is -2.07. The van der Waals surface area contributed by atoms with Crippen LogP contribution in [0.1, 0.15) is 13.0 Å². The lowest BCUT2D eigenvalue weighted by atomic mass is 10.2. The van der Waals surface area contributed by atoms with Crippen LogP contribution in [0.4, 0.5) is 11.5 Å². The monoisotopic (exact) mass is 245 g/mol. The lowest BCUT2D eigenvalue weighted by molar-refractivity contribution is 0.398. The van der Waals surface area contributed by atoms with Crippen LogP contribution >= 0.6 is 0 Å². The van der Waals surface area contributed by atoms with Crippen LogP contribution in [0.2, 0.25) is 0 Å². The Bertz CT molecular complexity index is 454. The number of ether oxygens (including phenoxy) is 1. The number of rotatable bonds is 4. The van der Waals surface area contributed by atoms with Gasteiger partial charge >= 0.3 is 0 Å². The molecule has 3 N–H and O–H groups in total. The Balaban J connectivity index is 0.00000162. The first-order valence-electron chi connectivity index (χ1n) is 5.39. The van der Waals surface area contributed by atoms with E-state index in [1.54, 1.807) is 7.11 Å². The van der Waals surface area contributed by atoms with Crippen LogP contribution in [-0.4, -0.2) is 12.1 Å². The Morgan fingerprint density at radius 2 is 2.00 bits per heavy atom. The van der Waals surface area contributed by atoms with Crippen molar-refractivity contribution in [1.82, 2.24) is 4.98 Å². The molecule has 2 aromatic rings. The molecule has 1 aromatic heterocycles. The number of nitrogens with zero attached hydrogens (tertiary/aromatic N) is 1. The molecule has 18 heavy (non-hydrogen) atoms. The number of benzene rings is 1. The van der Waals surface area contributed by atoms with Crippen molar-refractivity contribution in [3.63, 3.8) is 0 Å². The van der Waals surface area contributed by atoms with Gasteiger partial charge in [0.15, 0.2) is 0 Å². The SMILES string of the molecule is C.COc1cccc(Nc2cccc(CN)c2)n1. The molecule has 0 bridgehead atoms. The van der Waals surface area contributed by atoms with Crippen LogP contribution in [0.3, 0.4) is 0 Å². The average Bonchev–Trinajstić information content (AvgIpc) is 2.39. The number of pyridine rings is 1. The molecule has 0 atom stereocenters. The zero-order chi connectivity index (χ0) is 12.1. The molecule has 0 saturated heterocycles. The number of hydrogen-bond acceptors (Lipinski definition) is 4. The van der Waals surface area contributed by atoms with Crippen LogP contribution in [0.25, 0.3) is 0 Å². The van der Waals surface area contributed by atoms with Crippen LogP contribution in [0.5, 0.6) is 5.88 Å². The molecular formula is C14H19N3O. The highest BCUT2D eigenvalue weighted by molar-refractivity contribution is 5.57. The molecule has 0 aliphatic carbocycles. The fourth-order valence-corrected chi connectivity index (χ4v) is 1.52. The number of anilines is 2. The van der Waals surface area contributed by atoms with E-state index in [9.17, 15) is 0 Å². The molecule has 0 unspecified atom stereocenters. The molecule has 0 amide bonds. The molecule has 0 saturated carbocycles. The maximum atomic E-state index is 5.59. The molecule has 2 rings (SSSR count). The smallest absolute Gasteiger partial charge is 0.214 e. The summed E-state index contributed by atoms with van der Waals surface area (Å²) in [7, 11) is 1.60. The summed E-state index contributed by atoms with van der Waals surface area (Å²) in [5.41, 5.74) is 7.64. The highest BCUT2D eigenvalue weighted by Gasteiger charge is 1.99. The van der Waals surface area contributed by atoms with Gasteiger partial charge in [0, 0.05) is 18.3 Å². The van der Waals surface area contributed by atoms with Gasteiger partial charge in [0.1, 0.15) is 5.82 Å². The van der Waals surface area contributed by atoms with Gasteiger partial charge < -0.3 is 15.8 Å². The molecule has 0 radical (unpaired) electrons. The molecule has 4 nitrogen and oxygen atoms in total. The minimum Gasteiger partial charge on any atom is -0.481 e. The summed E-state index contributed by atoms with van der Waals surface area (Å²) in [4.78, 5) is 4.28. The summed E-state index contributed by atoms with van der Waals surface area (Å²) < 4.78 is 5.07. The maximum Gasteiger partial charge on any atom is 0.214 e. The summed E-state index contributed by atoms with van der Waals surface area (Å²) in [5.74, 6) is 1.34. The highest BCUT2D eigenvalue weighted by Crippen LogP contribution is 2.18. The van der Waals surface area contributed by atoms with Gasteiger partial charge in [-0.25, -0.2) is 0 Å². The standard InChI is InChI=1S/C13H15N3O.CH4/c1-17-13-7-3-6-12(16-13)15-11-5-2-4-10(8-11)9-14;/h2-8H,9,14H2,1H3,(H,15,16);1H4. The van der Waals surface area contributed by atoms with Crippen molar-refractivity contribution < 1.29 is 4.74 Å². The van der Waals surface area contributed by atoms with Crippen molar-refractivity contribution in [3.8, 4) is 5.88 Å². The van der Waals surface area contributed by atoms with Gasteiger partial charge in [0.25, 0.3) is 0 Å². The van der Waals surface area contributed by atoms with E-state index in [1.165, 1.54) is 0 Å². The predicted octanol–water partition coefficient (Wildman–Crippen LogP) is 2.93. The molecule has 0 fully saturated rings. The van der Waals surface area contributed by atoms with E-state index in [-0.39, 0.29) is 7.43 Å². The van der Waals surface area contributed by atoms with Crippen molar-refractivity contribution in [2.24, 2.45) is 5.73 Å². The second-order valence-electron chi connectivity index (χ2n) is 3.59. The van der Waals surface area contributed by atoms with Gasteiger partial charge in [-0.15, -0.1) is 0 Å². The largest absolute Gasteiger partial charge is 0.481 e. The lowest BCUT2D eigenvalue weighted by Crippen LogP contribution is -1.99. The normalized spacial score (nSPS) is 9.44. The molecule has 96 valence electrons. The third-order valence-corrected chi connectivity index (χ3v) is 2.37. The second-order valence-corrected chi connectivity index (χ2v) is 3.59. The Kier molecular flexibility index (Phi) is 5.14. The van der Waals surface area contributed by atoms with Crippen LogP contribution < -0.4 is 15.8 Å². The summed E-state index contributed by atoms with van der Waals surface area (Å²) in [6.45, 7) is 0.529. The summed E-state index contributed by atoms with van der Waals surface area (Å²) >= 11 is 0. The van der Waals surface area contributed by atoms with Crippen molar-refractivity contribution in [2.45, 2.75) is 14.0 Å². The van der Waals surface area contributed by atoms with Crippen LogP contribution in [0.15, 0.2) is 42.5 Å². The number of nitrogens with two attached hydrogens (primary N) is 1. The van der Waals surface area contributed by atoms with Gasteiger partial charge in [-0.05, 0) is 23.8 Å². The minimum absolute atomic E-state index is 0. The minimum atomic E-state index is 0. The first-order chi connectivity index (χ1) is 8.31. The van der Waals surface area contributed by atoms with Gasteiger partial charge in [-0.3, -0.25) is 0 Å². The van der Waals surface area contributed by atoms with E-state index in [1.807, 2.05) is 42.5 Å². The first kappa shape index (κ1) is 14.0. The fourth-order valence-electron chi connectivity index (χ4n) is 1.52. The van der Waals surface area contributed by atoms with Crippen LogP contribution in [-0.2, 0) is 6.54 Å². The van der Waals surface area contributed by atoms with E-state index in [0.717, 1.165) is 17.1 Å². The maximum absolute atomic E-state index is 5.59. The fraction of sp³-hybridized carbons (Fsp3) is 0.214. The summed E-state index contributed by atoms with van der Waals surface area (Å²) in [6, 6.07) is 13.5. The number of methoxy groups -OCH3 is 1. The molecule has 0 aliphatic rings. The predicted molar refractivity (Wildman–Crippen MR) is 75.1 cm³/mol. The second kappa shape index (κ2) is 6.61. The molecule has 1 heterocycles. The molecule has 4 heteroatoms. The number of hydrogen-bond donors (Lipinski definition) is 2. The third kappa shape index (κ3) is 3.46. The van der Waals surface area contributed by atoms with E-state index in [4.69, 9.17) is 10.5 Å². The van der Waals surface area contributed by atoms with Gasteiger partial charge in [0.05, 0.1) is 7.11 Å². The quantitative estimate of drug-likeness (QED) is 0.869. The Labute approximate surface area is 108 Å². The van der Waals surface area contributed by atoms with E-state index in [0.29, 0.717) is 12.4 Å². The highest BCUT2D eigenvalue weighted by atomic mass is 16.5. The topological polar surface area (TPSA) is 60.2 Å². The van der Waals surface area contributed by atoms with Crippen molar-refractivity contribution in [1.29, 1.82) is 0 Å². The number of aromatic nitrogens is 1. The van der Waals surface area contributed by atoms with Crippen molar-refractivity contribution in [3.05, 3.63) is 48.0 Å². The van der Waals surface area contributed by atoms with Gasteiger partial charge in [-0.2, -0.15) is 4.98 Å². The molecule has 1 aromatic carbocycles. The summed E-state index contributed by atoms with van der Waals surface area (Å²) in [6.07, 6.45) is 0. The lowest BCUT2D eigenvalue weighted by Gasteiger charge is -2.08. The van der Waals surface area contributed by atoms with E-state index < -0.39 is 0 Å². The Morgan fingerprint density at radius 3 is 2.72 bits per heavy atom. The average molecular weight is 245 g/mol. The van der Waals surface area contributed by atoms with Gasteiger partial charge in [0.2, 0.25) is 5.88 Å². The Morgan fingerprint density at radius 1 is 1.22 bits per heavy atom. The van der Waals surface area contributed by atoms with Crippen LogP contribution in [0, 0.1) is 0 Å². The van der Waals surface area contributed by atoms with E-state index >= 15 is 0 Å². The molecule has 0 spiro atoms. The van der Waals surface area contributed by atoms with E-state index in [2.05, 4.69) is 10.3 Å². The molecular weight excluding hydrogens is 226 g/mol. The van der Waals surface area contributed by atoms with Gasteiger partial charge in [-0.1, -0.05) is 25.6 Å². The zero-order valence-corrected chi connectivity index (χ0v) is 9.68. The number of nitrogens with one attached hydrogen (secondary N) is 1. The summed E-state index contributed by atoms with van der Waals surface area (Å²) in [5, 5.41) is 3.21. The zero-order valence-electron chi connectivity index (χ0n) is 9.68.